The van der Waals surface area contributed by atoms with Crippen LogP contribution in [0.5, 0.6) is 0 Å². The van der Waals surface area contributed by atoms with E-state index >= 15 is 0 Å². The van der Waals surface area contributed by atoms with Crippen molar-refractivity contribution in [3.8, 4) is 0 Å². The lowest BCUT2D eigenvalue weighted by Gasteiger charge is -2.17. The largest absolute Gasteiger partial charge is 0.480 e. The van der Waals surface area contributed by atoms with Crippen LogP contribution in [0.4, 0.5) is 0 Å². The number of furan rings is 1. The van der Waals surface area contributed by atoms with E-state index in [4.69, 9.17) is 9.52 Å². The molecule has 0 bridgehead atoms. The lowest BCUT2D eigenvalue weighted by molar-refractivity contribution is -0.142. The fourth-order valence-electron chi connectivity index (χ4n) is 2.32. The number of carboxylic acid groups (broad SMARTS) is 1. The van der Waals surface area contributed by atoms with Crippen LogP contribution in [0.25, 0.3) is 0 Å². The number of carboxylic acids is 1. The molecule has 2 rings (SSSR count). The number of rotatable bonds is 6. The van der Waals surface area contributed by atoms with Crippen LogP contribution in [0.15, 0.2) is 22.8 Å². The van der Waals surface area contributed by atoms with E-state index in [2.05, 4.69) is 5.32 Å². The molecule has 1 fully saturated rings. The molecule has 7 heteroatoms. The summed E-state index contributed by atoms with van der Waals surface area (Å²) in [7, 11) is 0. The van der Waals surface area contributed by atoms with E-state index in [1.165, 1.54) is 6.26 Å². The summed E-state index contributed by atoms with van der Waals surface area (Å²) >= 11 is 0. The van der Waals surface area contributed by atoms with E-state index in [-0.39, 0.29) is 24.8 Å². The van der Waals surface area contributed by atoms with Crippen molar-refractivity contribution in [3.05, 3.63) is 24.2 Å². The van der Waals surface area contributed by atoms with Gasteiger partial charge in [-0.25, -0.2) is 4.79 Å². The van der Waals surface area contributed by atoms with Gasteiger partial charge < -0.3 is 19.7 Å². The summed E-state index contributed by atoms with van der Waals surface area (Å²) in [6.45, 7) is 2.29. The van der Waals surface area contributed by atoms with Crippen LogP contribution in [0.2, 0.25) is 0 Å². The second kappa shape index (κ2) is 6.43. The maximum atomic E-state index is 12.0. The lowest BCUT2D eigenvalue weighted by Crippen LogP contribution is -2.43. The van der Waals surface area contributed by atoms with E-state index in [0.717, 1.165) is 0 Å². The second-order valence-corrected chi connectivity index (χ2v) is 5.06. The van der Waals surface area contributed by atoms with Crippen molar-refractivity contribution in [2.24, 2.45) is 5.92 Å². The minimum Gasteiger partial charge on any atom is -0.480 e. The summed E-state index contributed by atoms with van der Waals surface area (Å²) in [5.74, 6) is -1.45. The molecule has 2 N–H and O–H groups in total. The predicted molar refractivity (Wildman–Crippen MR) is 72.1 cm³/mol. The first kappa shape index (κ1) is 15.1. The first-order valence-electron chi connectivity index (χ1n) is 6.84. The Morgan fingerprint density at radius 3 is 2.90 bits per heavy atom. The lowest BCUT2D eigenvalue weighted by atomic mass is 10.1. The van der Waals surface area contributed by atoms with Gasteiger partial charge in [0.15, 0.2) is 0 Å². The van der Waals surface area contributed by atoms with Gasteiger partial charge in [0, 0.05) is 13.0 Å². The van der Waals surface area contributed by atoms with E-state index < -0.39 is 17.9 Å². The fraction of sp³-hybridized carbons (Fsp3) is 0.500. The zero-order chi connectivity index (χ0) is 15.4. The van der Waals surface area contributed by atoms with Crippen LogP contribution in [-0.4, -0.2) is 40.4 Å². The highest BCUT2D eigenvalue weighted by molar-refractivity contribution is 5.91. The molecular weight excluding hydrogens is 276 g/mol. The average molecular weight is 294 g/mol. The number of carbonyl (C=O) groups excluding carboxylic acids is 2. The van der Waals surface area contributed by atoms with E-state index in [1.807, 2.05) is 0 Å². The van der Waals surface area contributed by atoms with Gasteiger partial charge in [0.25, 0.3) is 0 Å². The van der Waals surface area contributed by atoms with Gasteiger partial charge in [-0.05, 0) is 18.6 Å². The molecule has 0 aromatic carbocycles. The number of hydrogen-bond acceptors (Lipinski definition) is 4. The number of carbonyl (C=O) groups is 3. The maximum Gasteiger partial charge on any atom is 0.326 e. The van der Waals surface area contributed by atoms with Gasteiger partial charge in [0.1, 0.15) is 11.8 Å². The molecule has 114 valence electrons. The van der Waals surface area contributed by atoms with Crippen molar-refractivity contribution in [3.63, 3.8) is 0 Å². The van der Waals surface area contributed by atoms with Crippen LogP contribution in [0.1, 0.15) is 25.5 Å². The van der Waals surface area contributed by atoms with Gasteiger partial charge in [-0.15, -0.1) is 0 Å². The van der Waals surface area contributed by atoms with E-state index in [0.29, 0.717) is 18.7 Å². The average Bonchev–Trinajstić information content (AvgIpc) is 3.06. The number of nitrogens with zero attached hydrogens (tertiary/aromatic N) is 1. The van der Waals surface area contributed by atoms with Crippen molar-refractivity contribution in [1.82, 2.24) is 10.2 Å². The topological polar surface area (TPSA) is 99.9 Å². The molecule has 2 amide bonds. The molecular formula is C14H18N2O5. The van der Waals surface area contributed by atoms with Crippen molar-refractivity contribution in [2.75, 3.05) is 6.54 Å². The standard InChI is InChI=1S/C14H18N2O5/c1-2-11(14(19)20)15-13(18)9-6-12(17)16(7-9)8-10-4-3-5-21-10/h3-5,9,11H,2,6-8H2,1H3,(H,15,18)(H,19,20). The number of amides is 2. The zero-order valence-electron chi connectivity index (χ0n) is 11.7. The highest BCUT2D eigenvalue weighted by atomic mass is 16.4. The van der Waals surface area contributed by atoms with Gasteiger partial charge in [-0.2, -0.15) is 0 Å². The van der Waals surface area contributed by atoms with Crippen LogP contribution in [0, 0.1) is 5.92 Å². The molecule has 1 aromatic heterocycles. The fourth-order valence-corrected chi connectivity index (χ4v) is 2.32. The molecule has 0 aliphatic carbocycles. The number of aliphatic carboxylic acids is 1. The van der Waals surface area contributed by atoms with Crippen molar-refractivity contribution in [2.45, 2.75) is 32.4 Å². The smallest absolute Gasteiger partial charge is 0.326 e. The van der Waals surface area contributed by atoms with Crippen molar-refractivity contribution < 1.29 is 23.9 Å². The minimum atomic E-state index is -1.07. The first-order chi connectivity index (χ1) is 10.0. The molecule has 0 spiro atoms. The van der Waals surface area contributed by atoms with Gasteiger partial charge in [0.2, 0.25) is 11.8 Å². The molecule has 0 radical (unpaired) electrons. The zero-order valence-corrected chi connectivity index (χ0v) is 11.7. The molecule has 1 aliphatic heterocycles. The van der Waals surface area contributed by atoms with Crippen LogP contribution in [-0.2, 0) is 20.9 Å². The summed E-state index contributed by atoms with van der Waals surface area (Å²) in [5, 5.41) is 11.4. The molecule has 2 atom stereocenters. The Bertz CT molecular complexity index is 525. The summed E-state index contributed by atoms with van der Waals surface area (Å²) in [6.07, 6.45) is 1.93. The van der Waals surface area contributed by atoms with Gasteiger partial charge in [-0.3, -0.25) is 9.59 Å². The third kappa shape index (κ3) is 3.62. The van der Waals surface area contributed by atoms with Crippen molar-refractivity contribution >= 4 is 17.8 Å². The number of hydrogen-bond donors (Lipinski definition) is 2. The van der Waals surface area contributed by atoms with Crippen molar-refractivity contribution in [1.29, 1.82) is 0 Å². The van der Waals surface area contributed by atoms with Gasteiger partial charge >= 0.3 is 5.97 Å². The monoisotopic (exact) mass is 294 g/mol. The third-order valence-corrected chi connectivity index (χ3v) is 3.53. The Kier molecular flexibility index (Phi) is 4.62. The Labute approximate surface area is 121 Å². The number of nitrogens with one attached hydrogen (secondary N) is 1. The molecule has 1 aliphatic rings. The normalized spacial score (nSPS) is 19.6. The molecule has 2 unspecified atom stereocenters. The molecule has 21 heavy (non-hydrogen) atoms. The summed E-state index contributed by atoms with van der Waals surface area (Å²) in [5.41, 5.74) is 0. The van der Waals surface area contributed by atoms with Gasteiger partial charge in [0.05, 0.1) is 18.7 Å². The molecule has 1 aromatic rings. The van der Waals surface area contributed by atoms with Crippen LogP contribution < -0.4 is 5.32 Å². The van der Waals surface area contributed by atoms with E-state index in [9.17, 15) is 14.4 Å². The maximum absolute atomic E-state index is 12.0. The quantitative estimate of drug-likeness (QED) is 0.800. The Balaban J connectivity index is 1.92. The summed E-state index contributed by atoms with van der Waals surface area (Å²) in [6, 6.07) is 2.59. The SMILES string of the molecule is CCC(NC(=O)C1CC(=O)N(Cc2ccco2)C1)C(=O)O. The summed E-state index contributed by atoms with van der Waals surface area (Å²) < 4.78 is 5.18. The third-order valence-electron chi connectivity index (χ3n) is 3.53. The molecule has 7 nitrogen and oxygen atoms in total. The number of likely N-dealkylation sites (tertiary alicyclic amines) is 1. The van der Waals surface area contributed by atoms with Crippen LogP contribution >= 0.6 is 0 Å². The molecule has 1 saturated heterocycles. The van der Waals surface area contributed by atoms with Gasteiger partial charge in [-0.1, -0.05) is 6.92 Å². The Hall–Kier alpha value is -2.31. The van der Waals surface area contributed by atoms with E-state index in [1.54, 1.807) is 24.0 Å². The minimum absolute atomic E-state index is 0.0998. The second-order valence-electron chi connectivity index (χ2n) is 5.06. The Morgan fingerprint density at radius 1 is 1.57 bits per heavy atom. The highest BCUT2D eigenvalue weighted by Crippen LogP contribution is 2.20. The first-order valence-corrected chi connectivity index (χ1v) is 6.84. The highest BCUT2D eigenvalue weighted by Gasteiger charge is 2.35. The van der Waals surface area contributed by atoms with Crippen LogP contribution in [0.3, 0.4) is 0 Å². The molecule has 2 heterocycles. The Morgan fingerprint density at radius 2 is 2.33 bits per heavy atom. The predicted octanol–water partition coefficient (Wildman–Crippen LogP) is 0.607. The summed E-state index contributed by atoms with van der Waals surface area (Å²) in [4.78, 5) is 36.4. The molecule has 0 saturated carbocycles.